The molecule has 96 valence electrons. The number of para-hydroxylation sites is 2. The van der Waals surface area contributed by atoms with Crippen LogP contribution in [0, 0.1) is 0 Å². The fourth-order valence-corrected chi connectivity index (χ4v) is 2.36. The molecule has 0 fully saturated rings. The standard InChI is InChI=1S/C14H18N2OS/c1-16(10-12-6-9-18-11-12)7-8-17-14-5-3-2-4-13(14)15/h2-6,9,11H,7-8,10,15H2,1H3. The Labute approximate surface area is 112 Å². The molecule has 2 aromatic rings. The van der Waals surface area contributed by atoms with Gasteiger partial charge in [0.25, 0.3) is 0 Å². The average molecular weight is 262 g/mol. The van der Waals surface area contributed by atoms with Crippen molar-refractivity contribution in [1.82, 2.24) is 4.90 Å². The highest BCUT2D eigenvalue weighted by Gasteiger charge is 2.02. The summed E-state index contributed by atoms with van der Waals surface area (Å²) in [5.41, 5.74) is 7.85. The van der Waals surface area contributed by atoms with Crippen LogP contribution in [0.2, 0.25) is 0 Å². The van der Waals surface area contributed by atoms with Gasteiger partial charge in [-0.3, -0.25) is 4.90 Å². The normalized spacial score (nSPS) is 10.8. The van der Waals surface area contributed by atoms with Gasteiger partial charge < -0.3 is 10.5 Å². The Morgan fingerprint density at radius 3 is 2.83 bits per heavy atom. The van der Waals surface area contributed by atoms with Crippen LogP contribution in [0.4, 0.5) is 5.69 Å². The molecule has 1 aromatic carbocycles. The highest BCUT2D eigenvalue weighted by molar-refractivity contribution is 7.07. The molecule has 0 unspecified atom stereocenters. The summed E-state index contributed by atoms with van der Waals surface area (Å²) in [5, 5.41) is 4.27. The van der Waals surface area contributed by atoms with Gasteiger partial charge in [0.05, 0.1) is 5.69 Å². The Morgan fingerprint density at radius 2 is 2.11 bits per heavy atom. The van der Waals surface area contributed by atoms with Crippen LogP contribution in [0.25, 0.3) is 0 Å². The lowest BCUT2D eigenvalue weighted by molar-refractivity contribution is 0.234. The van der Waals surface area contributed by atoms with Gasteiger partial charge in [0.2, 0.25) is 0 Å². The maximum absolute atomic E-state index is 5.81. The SMILES string of the molecule is CN(CCOc1ccccc1N)Cc1ccsc1. The Balaban J connectivity index is 1.74. The number of thiophene rings is 1. The summed E-state index contributed by atoms with van der Waals surface area (Å²) in [6.07, 6.45) is 0. The number of benzene rings is 1. The average Bonchev–Trinajstić information content (AvgIpc) is 2.84. The van der Waals surface area contributed by atoms with E-state index in [1.807, 2.05) is 24.3 Å². The zero-order chi connectivity index (χ0) is 12.8. The maximum atomic E-state index is 5.81. The monoisotopic (exact) mass is 262 g/mol. The summed E-state index contributed by atoms with van der Waals surface area (Å²) in [7, 11) is 2.09. The van der Waals surface area contributed by atoms with Gasteiger partial charge in [-0.05, 0) is 41.6 Å². The van der Waals surface area contributed by atoms with E-state index in [0.29, 0.717) is 12.3 Å². The molecule has 1 aromatic heterocycles. The molecular formula is C14H18N2OS. The van der Waals surface area contributed by atoms with E-state index in [2.05, 4.69) is 28.8 Å². The van der Waals surface area contributed by atoms with Gasteiger partial charge in [0.15, 0.2) is 0 Å². The van der Waals surface area contributed by atoms with Crippen molar-refractivity contribution in [2.75, 3.05) is 25.9 Å². The third-order valence-corrected chi connectivity index (χ3v) is 3.41. The van der Waals surface area contributed by atoms with Crippen LogP contribution in [-0.2, 0) is 6.54 Å². The quantitative estimate of drug-likeness (QED) is 0.814. The lowest BCUT2D eigenvalue weighted by Gasteiger charge is -2.16. The Morgan fingerprint density at radius 1 is 1.28 bits per heavy atom. The lowest BCUT2D eigenvalue weighted by Crippen LogP contribution is -2.23. The van der Waals surface area contributed by atoms with Crippen LogP contribution in [-0.4, -0.2) is 25.1 Å². The molecule has 0 saturated heterocycles. The summed E-state index contributed by atoms with van der Waals surface area (Å²) >= 11 is 1.73. The van der Waals surface area contributed by atoms with Crippen LogP contribution in [0.5, 0.6) is 5.75 Å². The number of hydrogen-bond donors (Lipinski definition) is 1. The topological polar surface area (TPSA) is 38.5 Å². The fraction of sp³-hybridized carbons (Fsp3) is 0.286. The highest BCUT2D eigenvalue weighted by Crippen LogP contribution is 2.19. The predicted molar refractivity (Wildman–Crippen MR) is 77.0 cm³/mol. The van der Waals surface area contributed by atoms with Crippen molar-refractivity contribution in [2.45, 2.75) is 6.54 Å². The predicted octanol–water partition coefficient (Wildman–Crippen LogP) is 2.84. The van der Waals surface area contributed by atoms with Gasteiger partial charge >= 0.3 is 0 Å². The number of nitrogens with two attached hydrogens (primary N) is 1. The first-order chi connectivity index (χ1) is 8.75. The minimum atomic E-state index is 0.648. The number of ether oxygens (including phenoxy) is 1. The van der Waals surface area contributed by atoms with Crippen molar-refractivity contribution in [1.29, 1.82) is 0 Å². The first-order valence-corrected chi connectivity index (χ1v) is 6.87. The molecule has 0 spiro atoms. The van der Waals surface area contributed by atoms with E-state index in [9.17, 15) is 0 Å². The Bertz CT molecular complexity index is 470. The van der Waals surface area contributed by atoms with Crippen LogP contribution >= 0.6 is 11.3 Å². The van der Waals surface area contributed by atoms with Gasteiger partial charge in [-0.25, -0.2) is 0 Å². The second-order valence-electron chi connectivity index (χ2n) is 4.26. The van der Waals surface area contributed by atoms with Crippen LogP contribution in [0.1, 0.15) is 5.56 Å². The van der Waals surface area contributed by atoms with E-state index >= 15 is 0 Å². The Kier molecular flexibility index (Phi) is 4.61. The van der Waals surface area contributed by atoms with Crippen molar-refractivity contribution >= 4 is 17.0 Å². The lowest BCUT2D eigenvalue weighted by atomic mass is 10.3. The molecule has 2 N–H and O–H groups in total. The van der Waals surface area contributed by atoms with Gasteiger partial charge in [-0.2, -0.15) is 11.3 Å². The van der Waals surface area contributed by atoms with Crippen LogP contribution in [0.15, 0.2) is 41.1 Å². The van der Waals surface area contributed by atoms with E-state index < -0.39 is 0 Å². The molecule has 0 bridgehead atoms. The molecule has 1 heterocycles. The molecule has 4 heteroatoms. The van der Waals surface area contributed by atoms with Gasteiger partial charge in [0.1, 0.15) is 12.4 Å². The zero-order valence-electron chi connectivity index (χ0n) is 10.5. The molecule has 0 aliphatic heterocycles. The molecule has 0 amide bonds. The van der Waals surface area contributed by atoms with Gasteiger partial charge in [-0.1, -0.05) is 12.1 Å². The van der Waals surface area contributed by atoms with E-state index in [4.69, 9.17) is 10.5 Å². The van der Waals surface area contributed by atoms with Crippen molar-refractivity contribution in [2.24, 2.45) is 0 Å². The second-order valence-corrected chi connectivity index (χ2v) is 5.04. The molecule has 3 nitrogen and oxygen atoms in total. The highest BCUT2D eigenvalue weighted by atomic mass is 32.1. The van der Waals surface area contributed by atoms with Gasteiger partial charge in [0, 0.05) is 13.1 Å². The summed E-state index contributed by atoms with van der Waals surface area (Å²) in [4.78, 5) is 2.24. The summed E-state index contributed by atoms with van der Waals surface area (Å²) in [5.74, 6) is 0.765. The molecular weight excluding hydrogens is 244 g/mol. The molecule has 2 rings (SSSR count). The van der Waals surface area contributed by atoms with Crippen molar-refractivity contribution in [3.63, 3.8) is 0 Å². The summed E-state index contributed by atoms with van der Waals surface area (Å²) in [6.45, 7) is 2.48. The first-order valence-electron chi connectivity index (χ1n) is 5.92. The van der Waals surface area contributed by atoms with E-state index in [1.54, 1.807) is 11.3 Å². The molecule has 0 aliphatic rings. The van der Waals surface area contributed by atoms with E-state index in [1.165, 1.54) is 5.56 Å². The second kappa shape index (κ2) is 6.42. The summed E-state index contributed by atoms with van der Waals surface area (Å²) in [6, 6.07) is 9.74. The molecule has 18 heavy (non-hydrogen) atoms. The number of hydrogen-bond acceptors (Lipinski definition) is 4. The molecule has 0 atom stereocenters. The van der Waals surface area contributed by atoms with Crippen LogP contribution < -0.4 is 10.5 Å². The molecule has 0 aliphatic carbocycles. The number of nitrogen functional groups attached to an aromatic ring is 1. The van der Waals surface area contributed by atoms with E-state index in [-0.39, 0.29) is 0 Å². The van der Waals surface area contributed by atoms with Crippen molar-refractivity contribution < 1.29 is 4.74 Å². The number of nitrogens with zero attached hydrogens (tertiary/aromatic N) is 1. The van der Waals surface area contributed by atoms with Gasteiger partial charge in [-0.15, -0.1) is 0 Å². The largest absolute Gasteiger partial charge is 0.490 e. The maximum Gasteiger partial charge on any atom is 0.142 e. The number of rotatable bonds is 6. The minimum absolute atomic E-state index is 0.648. The number of anilines is 1. The van der Waals surface area contributed by atoms with Crippen LogP contribution in [0.3, 0.4) is 0 Å². The van der Waals surface area contributed by atoms with Crippen molar-refractivity contribution in [3.05, 3.63) is 46.7 Å². The smallest absolute Gasteiger partial charge is 0.142 e. The van der Waals surface area contributed by atoms with E-state index in [0.717, 1.165) is 18.8 Å². The molecule has 0 radical (unpaired) electrons. The Hall–Kier alpha value is -1.52. The third kappa shape index (κ3) is 3.75. The zero-order valence-corrected chi connectivity index (χ0v) is 11.3. The third-order valence-electron chi connectivity index (χ3n) is 2.68. The fourth-order valence-electron chi connectivity index (χ4n) is 1.70. The van der Waals surface area contributed by atoms with Crippen molar-refractivity contribution in [3.8, 4) is 5.75 Å². The first kappa shape index (κ1) is 12.9. The summed E-state index contributed by atoms with van der Waals surface area (Å²) < 4.78 is 5.66. The minimum Gasteiger partial charge on any atom is -0.490 e. The molecule has 0 saturated carbocycles. The number of likely N-dealkylation sites (N-methyl/N-ethyl adjacent to an activating group) is 1.